The highest BCUT2D eigenvalue weighted by Gasteiger charge is 2.15. The quantitative estimate of drug-likeness (QED) is 0.573. The van der Waals surface area contributed by atoms with Gasteiger partial charge >= 0.3 is 5.97 Å². The fraction of sp³-hybridized carbons (Fsp3) is 0.615. The van der Waals surface area contributed by atoms with E-state index in [1.54, 1.807) is 17.8 Å². The Morgan fingerprint density at radius 3 is 2.75 bits per heavy atom. The van der Waals surface area contributed by atoms with E-state index in [1.807, 2.05) is 6.20 Å². The average Bonchev–Trinajstić information content (AvgIpc) is 2.87. The molecule has 7 heteroatoms. The van der Waals surface area contributed by atoms with Gasteiger partial charge in [-0.05, 0) is 14.0 Å². The van der Waals surface area contributed by atoms with Gasteiger partial charge in [-0.15, -0.1) is 5.10 Å². The molecular weight excluding hydrogens is 258 g/mol. The predicted octanol–water partition coefficient (Wildman–Crippen LogP) is 0.0593. The van der Waals surface area contributed by atoms with Crippen molar-refractivity contribution < 1.29 is 9.53 Å². The van der Waals surface area contributed by atoms with Gasteiger partial charge in [-0.1, -0.05) is 5.21 Å². The number of aromatic nitrogens is 3. The molecule has 2 rings (SSSR count). The maximum absolute atomic E-state index is 11.3. The number of nitrogens with zero attached hydrogens (tertiary/aromatic N) is 5. The van der Waals surface area contributed by atoms with Crippen LogP contribution in [0, 0.1) is 0 Å². The van der Waals surface area contributed by atoms with E-state index < -0.39 is 0 Å². The maximum Gasteiger partial charge on any atom is 0.334 e. The fourth-order valence-electron chi connectivity index (χ4n) is 2.10. The van der Waals surface area contributed by atoms with Crippen molar-refractivity contribution >= 4 is 12.2 Å². The fourth-order valence-corrected chi connectivity index (χ4v) is 2.10. The molecule has 1 aromatic heterocycles. The Kier molecular flexibility index (Phi) is 4.86. The molecule has 1 aliphatic heterocycles. The van der Waals surface area contributed by atoms with E-state index in [-0.39, 0.29) is 5.97 Å². The average molecular weight is 279 g/mol. The van der Waals surface area contributed by atoms with Gasteiger partial charge in [-0.25, -0.2) is 9.48 Å². The summed E-state index contributed by atoms with van der Waals surface area (Å²) >= 11 is 0. The van der Waals surface area contributed by atoms with E-state index in [4.69, 9.17) is 0 Å². The van der Waals surface area contributed by atoms with E-state index in [0.29, 0.717) is 5.57 Å². The zero-order valence-electron chi connectivity index (χ0n) is 12.2. The second kappa shape index (κ2) is 6.62. The van der Waals surface area contributed by atoms with Gasteiger partial charge in [0, 0.05) is 38.9 Å². The third-order valence-corrected chi connectivity index (χ3v) is 3.37. The molecule has 0 aromatic carbocycles. The van der Waals surface area contributed by atoms with Crippen LogP contribution in [0.1, 0.15) is 12.6 Å². The van der Waals surface area contributed by atoms with Gasteiger partial charge in [0.05, 0.1) is 24.6 Å². The normalized spacial score (nSPS) is 18.2. The Balaban J connectivity index is 1.94. The number of likely N-dealkylation sites (N-methyl/N-ethyl adjacent to an activating group) is 1. The molecule has 7 nitrogen and oxygen atoms in total. The maximum atomic E-state index is 11.3. The molecule has 1 fully saturated rings. The third kappa shape index (κ3) is 3.88. The van der Waals surface area contributed by atoms with Gasteiger partial charge in [0.1, 0.15) is 0 Å². The van der Waals surface area contributed by atoms with Crippen molar-refractivity contribution in [2.45, 2.75) is 13.5 Å². The SMILES string of the molecule is COC(=O)/C(C)=C/n1cc(CN2CCN(C)CC2)nn1. The molecule has 0 amide bonds. The van der Waals surface area contributed by atoms with Crippen molar-refractivity contribution in [2.24, 2.45) is 0 Å². The molecule has 2 heterocycles. The number of methoxy groups -OCH3 is 1. The minimum absolute atomic E-state index is 0.360. The van der Waals surface area contributed by atoms with Crippen LogP contribution in [0.15, 0.2) is 11.8 Å². The Morgan fingerprint density at radius 1 is 1.40 bits per heavy atom. The Morgan fingerprint density at radius 2 is 2.10 bits per heavy atom. The number of piperazine rings is 1. The van der Waals surface area contributed by atoms with Gasteiger partial charge in [0.15, 0.2) is 0 Å². The highest BCUT2D eigenvalue weighted by molar-refractivity contribution is 5.90. The van der Waals surface area contributed by atoms with Crippen molar-refractivity contribution in [1.29, 1.82) is 0 Å². The van der Waals surface area contributed by atoms with Crippen LogP contribution in [-0.4, -0.2) is 71.1 Å². The van der Waals surface area contributed by atoms with Crippen molar-refractivity contribution in [3.8, 4) is 0 Å². The third-order valence-electron chi connectivity index (χ3n) is 3.37. The standard InChI is InChI=1S/C13H21N5O2/c1-11(13(19)20-3)8-18-10-12(14-15-18)9-17-6-4-16(2)5-7-17/h8,10H,4-7,9H2,1-3H3/b11-8+. The summed E-state index contributed by atoms with van der Waals surface area (Å²) < 4.78 is 6.19. The molecule has 0 radical (unpaired) electrons. The smallest absolute Gasteiger partial charge is 0.334 e. The van der Waals surface area contributed by atoms with Crippen molar-refractivity contribution in [1.82, 2.24) is 24.8 Å². The van der Waals surface area contributed by atoms with Gasteiger partial charge in [-0.2, -0.15) is 0 Å². The molecule has 0 unspecified atom stereocenters. The van der Waals surface area contributed by atoms with Gasteiger partial charge in [0.2, 0.25) is 0 Å². The van der Waals surface area contributed by atoms with Crippen molar-refractivity contribution in [3.63, 3.8) is 0 Å². The molecule has 1 aromatic rings. The summed E-state index contributed by atoms with van der Waals surface area (Å²) in [6.45, 7) is 6.72. The number of carbonyl (C=O) groups excluding carboxylic acids is 1. The first-order valence-corrected chi connectivity index (χ1v) is 6.67. The first kappa shape index (κ1) is 14.7. The van der Waals surface area contributed by atoms with Gasteiger partial charge in [0.25, 0.3) is 0 Å². The molecule has 0 N–H and O–H groups in total. The van der Waals surface area contributed by atoms with E-state index in [2.05, 4.69) is 31.9 Å². The van der Waals surface area contributed by atoms with Crippen LogP contribution >= 0.6 is 0 Å². The van der Waals surface area contributed by atoms with Crippen LogP contribution in [0.3, 0.4) is 0 Å². The zero-order chi connectivity index (χ0) is 14.5. The summed E-state index contributed by atoms with van der Waals surface area (Å²) in [5.74, 6) is -0.360. The van der Waals surface area contributed by atoms with Gasteiger partial charge in [-0.3, -0.25) is 4.90 Å². The van der Waals surface area contributed by atoms with Crippen LogP contribution in [-0.2, 0) is 16.1 Å². The Bertz CT molecular complexity index is 489. The number of rotatable bonds is 4. The Labute approximate surface area is 118 Å². The lowest BCUT2D eigenvalue weighted by Crippen LogP contribution is -2.43. The second-order valence-corrected chi connectivity index (χ2v) is 5.07. The first-order valence-electron chi connectivity index (χ1n) is 6.67. The van der Waals surface area contributed by atoms with Crippen LogP contribution < -0.4 is 0 Å². The largest absolute Gasteiger partial charge is 0.466 e. The van der Waals surface area contributed by atoms with Crippen LogP contribution in [0.5, 0.6) is 0 Å². The number of hydrogen-bond acceptors (Lipinski definition) is 6. The molecule has 110 valence electrons. The summed E-state index contributed by atoms with van der Waals surface area (Å²) in [6.07, 6.45) is 3.46. The summed E-state index contributed by atoms with van der Waals surface area (Å²) in [5, 5.41) is 8.13. The van der Waals surface area contributed by atoms with Crippen molar-refractivity contribution in [2.75, 3.05) is 40.3 Å². The number of carbonyl (C=O) groups is 1. The van der Waals surface area contributed by atoms with Crippen molar-refractivity contribution in [3.05, 3.63) is 17.5 Å². The summed E-state index contributed by atoms with van der Waals surface area (Å²) in [7, 11) is 3.49. The van der Waals surface area contributed by atoms with E-state index in [1.165, 1.54) is 7.11 Å². The zero-order valence-corrected chi connectivity index (χ0v) is 12.2. The van der Waals surface area contributed by atoms with Crippen LogP contribution in [0.2, 0.25) is 0 Å². The molecule has 0 saturated carbocycles. The number of esters is 1. The molecule has 1 aliphatic rings. The molecule has 1 saturated heterocycles. The minimum atomic E-state index is -0.360. The molecule has 0 atom stereocenters. The lowest BCUT2D eigenvalue weighted by atomic mass is 10.3. The number of ether oxygens (including phenoxy) is 1. The van der Waals surface area contributed by atoms with E-state index >= 15 is 0 Å². The molecule has 0 aliphatic carbocycles. The van der Waals surface area contributed by atoms with Gasteiger partial charge < -0.3 is 9.64 Å². The van der Waals surface area contributed by atoms with Crippen LogP contribution in [0.25, 0.3) is 6.20 Å². The highest BCUT2D eigenvalue weighted by atomic mass is 16.5. The van der Waals surface area contributed by atoms with E-state index in [9.17, 15) is 4.79 Å². The first-order chi connectivity index (χ1) is 9.58. The second-order valence-electron chi connectivity index (χ2n) is 5.07. The lowest BCUT2D eigenvalue weighted by molar-refractivity contribution is -0.135. The number of hydrogen-bond donors (Lipinski definition) is 0. The Hall–Kier alpha value is -1.73. The lowest BCUT2D eigenvalue weighted by Gasteiger charge is -2.31. The van der Waals surface area contributed by atoms with Crippen LogP contribution in [0.4, 0.5) is 0 Å². The monoisotopic (exact) mass is 279 g/mol. The predicted molar refractivity (Wildman–Crippen MR) is 74.8 cm³/mol. The van der Waals surface area contributed by atoms with E-state index in [0.717, 1.165) is 38.4 Å². The minimum Gasteiger partial charge on any atom is -0.466 e. The summed E-state index contributed by atoms with van der Waals surface area (Å²) in [4.78, 5) is 16.0. The highest BCUT2D eigenvalue weighted by Crippen LogP contribution is 2.06. The molecule has 20 heavy (non-hydrogen) atoms. The molecular formula is C13H21N5O2. The molecule has 0 spiro atoms. The summed E-state index contributed by atoms with van der Waals surface area (Å²) in [5.41, 5.74) is 1.40. The summed E-state index contributed by atoms with van der Waals surface area (Å²) in [6, 6.07) is 0. The topological polar surface area (TPSA) is 63.5 Å². The molecule has 0 bridgehead atoms.